The van der Waals surface area contributed by atoms with Crippen molar-refractivity contribution < 1.29 is 9.84 Å². The van der Waals surface area contributed by atoms with Gasteiger partial charge >= 0.3 is 0 Å². The summed E-state index contributed by atoms with van der Waals surface area (Å²) in [5, 5.41) is 10.1. The molecule has 3 nitrogen and oxygen atoms in total. The number of aryl methyl sites for hydroxylation is 1. The van der Waals surface area contributed by atoms with Crippen LogP contribution in [-0.2, 0) is 11.3 Å². The standard InChI is InChI=1S/C15H22BrNO2/c1-3-19-14-4-6-17(7-5-14)10-12-9-13(16)8-11(2)15(12)18/h8-9,14,18H,3-7,10H2,1-2H3. The highest BCUT2D eigenvalue weighted by Gasteiger charge is 2.20. The topological polar surface area (TPSA) is 32.7 Å². The van der Waals surface area contributed by atoms with Gasteiger partial charge in [0.15, 0.2) is 0 Å². The van der Waals surface area contributed by atoms with Gasteiger partial charge in [-0.15, -0.1) is 0 Å². The average molecular weight is 328 g/mol. The zero-order chi connectivity index (χ0) is 13.8. The summed E-state index contributed by atoms with van der Waals surface area (Å²) in [5.41, 5.74) is 1.93. The largest absolute Gasteiger partial charge is 0.507 e. The van der Waals surface area contributed by atoms with Crippen molar-refractivity contribution in [2.45, 2.75) is 39.3 Å². The highest BCUT2D eigenvalue weighted by molar-refractivity contribution is 9.10. The molecule has 0 saturated carbocycles. The number of halogens is 1. The SMILES string of the molecule is CCOC1CCN(Cc2cc(Br)cc(C)c2O)CC1. The number of phenols is 1. The minimum absolute atomic E-state index is 0.416. The number of nitrogens with zero attached hydrogens (tertiary/aromatic N) is 1. The molecule has 1 fully saturated rings. The second-order valence-corrected chi connectivity index (χ2v) is 6.08. The van der Waals surface area contributed by atoms with Crippen LogP contribution in [-0.4, -0.2) is 35.8 Å². The van der Waals surface area contributed by atoms with E-state index in [9.17, 15) is 5.11 Å². The van der Waals surface area contributed by atoms with Gasteiger partial charge in [-0.3, -0.25) is 4.90 Å². The summed E-state index contributed by atoms with van der Waals surface area (Å²) in [7, 11) is 0. The molecular formula is C15H22BrNO2. The Morgan fingerprint density at radius 3 is 2.68 bits per heavy atom. The van der Waals surface area contributed by atoms with E-state index in [0.717, 1.165) is 54.7 Å². The molecule has 1 heterocycles. The molecule has 1 aliphatic heterocycles. The second-order valence-electron chi connectivity index (χ2n) is 5.16. The summed E-state index contributed by atoms with van der Waals surface area (Å²) in [6.45, 7) is 7.67. The van der Waals surface area contributed by atoms with E-state index in [2.05, 4.69) is 27.8 Å². The van der Waals surface area contributed by atoms with E-state index in [1.54, 1.807) is 0 Å². The summed E-state index contributed by atoms with van der Waals surface area (Å²) in [6, 6.07) is 3.96. The van der Waals surface area contributed by atoms with Crippen LogP contribution < -0.4 is 0 Å². The first-order valence-corrected chi connectivity index (χ1v) is 7.71. The van der Waals surface area contributed by atoms with Gasteiger partial charge in [0.1, 0.15) is 5.75 Å². The lowest BCUT2D eigenvalue weighted by atomic mass is 10.1. The first-order chi connectivity index (χ1) is 9.10. The van der Waals surface area contributed by atoms with Crippen molar-refractivity contribution in [2.24, 2.45) is 0 Å². The molecule has 19 heavy (non-hydrogen) atoms. The maximum atomic E-state index is 10.1. The van der Waals surface area contributed by atoms with Gasteiger partial charge in [-0.1, -0.05) is 15.9 Å². The van der Waals surface area contributed by atoms with Crippen LogP contribution in [0.15, 0.2) is 16.6 Å². The average Bonchev–Trinajstić information content (AvgIpc) is 2.38. The molecule has 0 unspecified atom stereocenters. The van der Waals surface area contributed by atoms with E-state index in [1.807, 2.05) is 19.1 Å². The minimum atomic E-state index is 0.416. The van der Waals surface area contributed by atoms with Gasteiger partial charge in [0.05, 0.1) is 6.10 Å². The quantitative estimate of drug-likeness (QED) is 0.919. The third-order valence-corrected chi connectivity index (χ3v) is 4.13. The number of piperidine rings is 1. The Bertz CT molecular complexity index is 428. The van der Waals surface area contributed by atoms with Crippen LogP contribution in [0, 0.1) is 6.92 Å². The van der Waals surface area contributed by atoms with Crippen molar-refractivity contribution in [3.63, 3.8) is 0 Å². The first kappa shape index (κ1) is 14.8. The molecular weight excluding hydrogens is 306 g/mol. The van der Waals surface area contributed by atoms with Crippen molar-refractivity contribution in [3.05, 3.63) is 27.7 Å². The number of hydrogen-bond donors (Lipinski definition) is 1. The fraction of sp³-hybridized carbons (Fsp3) is 0.600. The van der Waals surface area contributed by atoms with Gasteiger partial charge in [0, 0.05) is 36.3 Å². The molecule has 1 aromatic carbocycles. The van der Waals surface area contributed by atoms with Crippen LogP contribution in [0.3, 0.4) is 0 Å². The summed E-state index contributed by atoms with van der Waals surface area (Å²) in [4.78, 5) is 2.39. The Morgan fingerprint density at radius 2 is 2.05 bits per heavy atom. The molecule has 1 aliphatic rings. The van der Waals surface area contributed by atoms with E-state index < -0.39 is 0 Å². The van der Waals surface area contributed by atoms with Crippen LogP contribution in [0.4, 0.5) is 0 Å². The van der Waals surface area contributed by atoms with Crippen molar-refractivity contribution in [2.75, 3.05) is 19.7 Å². The maximum Gasteiger partial charge on any atom is 0.123 e. The molecule has 4 heteroatoms. The molecule has 2 rings (SSSR count). The molecule has 0 aromatic heterocycles. The van der Waals surface area contributed by atoms with Gasteiger partial charge in [0.2, 0.25) is 0 Å². The van der Waals surface area contributed by atoms with Gasteiger partial charge < -0.3 is 9.84 Å². The van der Waals surface area contributed by atoms with E-state index in [1.165, 1.54) is 0 Å². The number of benzene rings is 1. The lowest BCUT2D eigenvalue weighted by molar-refractivity contribution is 0.0124. The van der Waals surface area contributed by atoms with Crippen LogP contribution >= 0.6 is 15.9 Å². The van der Waals surface area contributed by atoms with Crippen molar-refractivity contribution in [1.29, 1.82) is 0 Å². The highest BCUT2D eigenvalue weighted by Crippen LogP contribution is 2.28. The summed E-state index contributed by atoms with van der Waals surface area (Å²) in [5.74, 6) is 0.426. The third kappa shape index (κ3) is 3.94. The van der Waals surface area contributed by atoms with Gasteiger partial charge in [-0.2, -0.15) is 0 Å². The third-order valence-electron chi connectivity index (χ3n) is 3.68. The number of ether oxygens (including phenoxy) is 1. The van der Waals surface area contributed by atoms with Crippen LogP contribution in [0.5, 0.6) is 5.75 Å². The molecule has 0 bridgehead atoms. The fourth-order valence-electron chi connectivity index (χ4n) is 2.64. The molecule has 1 aromatic rings. The lowest BCUT2D eigenvalue weighted by Crippen LogP contribution is -2.36. The summed E-state index contributed by atoms with van der Waals surface area (Å²) < 4.78 is 6.69. The molecule has 1 saturated heterocycles. The molecule has 1 N–H and O–H groups in total. The van der Waals surface area contributed by atoms with Crippen molar-refractivity contribution >= 4 is 15.9 Å². The zero-order valence-corrected chi connectivity index (χ0v) is 13.2. The zero-order valence-electron chi connectivity index (χ0n) is 11.7. The number of hydrogen-bond acceptors (Lipinski definition) is 3. The first-order valence-electron chi connectivity index (χ1n) is 6.92. The summed E-state index contributed by atoms with van der Waals surface area (Å²) in [6.07, 6.45) is 2.59. The molecule has 0 amide bonds. The number of aromatic hydroxyl groups is 1. The van der Waals surface area contributed by atoms with Gasteiger partial charge in [0.25, 0.3) is 0 Å². The Kier molecular flexibility index (Phi) is 5.25. The predicted octanol–water partition coefficient (Wildman–Crippen LogP) is 3.46. The second kappa shape index (κ2) is 6.73. The van der Waals surface area contributed by atoms with E-state index in [-0.39, 0.29) is 0 Å². The lowest BCUT2D eigenvalue weighted by Gasteiger charge is -2.32. The Hall–Kier alpha value is -0.580. The molecule has 106 valence electrons. The Morgan fingerprint density at radius 1 is 1.37 bits per heavy atom. The highest BCUT2D eigenvalue weighted by atomic mass is 79.9. The van der Waals surface area contributed by atoms with Crippen molar-refractivity contribution in [1.82, 2.24) is 4.90 Å². The van der Waals surface area contributed by atoms with Crippen LogP contribution in [0.2, 0.25) is 0 Å². The van der Waals surface area contributed by atoms with Crippen LogP contribution in [0.25, 0.3) is 0 Å². The predicted molar refractivity (Wildman–Crippen MR) is 80.5 cm³/mol. The normalized spacial score (nSPS) is 17.8. The Labute approximate surface area is 123 Å². The summed E-state index contributed by atoms with van der Waals surface area (Å²) >= 11 is 3.49. The van der Waals surface area contributed by atoms with Crippen LogP contribution in [0.1, 0.15) is 30.9 Å². The Balaban J connectivity index is 1.96. The van der Waals surface area contributed by atoms with Crippen molar-refractivity contribution in [3.8, 4) is 5.75 Å². The molecule has 0 aliphatic carbocycles. The number of phenolic OH excluding ortho intramolecular Hbond substituents is 1. The maximum absolute atomic E-state index is 10.1. The van der Waals surface area contributed by atoms with Gasteiger partial charge in [-0.25, -0.2) is 0 Å². The molecule has 0 spiro atoms. The monoisotopic (exact) mass is 327 g/mol. The molecule has 0 atom stereocenters. The van der Waals surface area contributed by atoms with E-state index in [0.29, 0.717) is 11.9 Å². The number of likely N-dealkylation sites (tertiary alicyclic amines) is 1. The smallest absolute Gasteiger partial charge is 0.123 e. The molecule has 0 radical (unpaired) electrons. The van der Waals surface area contributed by atoms with Gasteiger partial charge in [-0.05, 0) is 44.4 Å². The van der Waals surface area contributed by atoms with E-state index in [4.69, 9.17) is 4.74 Å². The number of rotatable bonds is 4. The van der Waals surface area contributed by atoms with E-state index >= 15 is 0 Å². The minimum Gasteiger partial charge on any atom is -0.507 e. The fourth-order valence-corrected chi connectivity index (χ4v) is 3.26.